The van der Waals surface area contributed by atoms with Crippen molar-refractivity contribution in [2.24, 2.45) is 16.3 Å². The Hall–Kier alpha value is -4.83. The number of rotatable bonds is 12. The molecular formula is C23H34N12O12S3. The third-order valence-electron chi connectivity index (χ3n) is 7.27. The lowest BCUT2D eigenvalue weighted by Crippen LogP contribution is -2.75. The number of nitrogens with one attached hydrogen (secondary N) is 4. The van der Waals surface area contributed by atoms with Crippen molar-refractivity contribution in [1.29, 1.82) is 0 Å². The number of urea groups is 1. The number of nitrogens with two attached hydrogens (primary N) is 3. The van der Waals surface area contributed by atoms with Crippen LogP contribution in [0.2, 0.25) is 0 Å². The molecule has 0 saturated carbocycles. The van der Waals surface area contributed by atoms with Crippen molar-refractivity contribution in [2.75, 3.05) is 42.2 Å². The molecule has 2 aromatic rings. The summed E-state index contributed by atoms with van der Waals surface area (Å²) in [5.41, 5.74) is 13.5. The van der Waals surface area contributed by atoms with Gasteiger partial charge in [0.25, 0.3) is 5.91 Å². The second-order valence-electron chi connectivity index (χ2n) is 11.1. The molecule has 2 unspecified atom stereocenters. The van der Waals surface area contributed by atoms with Crippen LogP contribution in [0, 0.1) is 5.41 Å². The van der Waals surface area contributed by atoms with Gasteiger partial charge in [0.05, 0.1) is 0 Å². The molecule has 2 aromatic heterocycles. The quantitative estimate of drug-likeness (QED) is 0.0253. The van der Waals surface area contributed by atoms with Crippen molar-refractivity contribution < 1.29 is 61.2 Å². The van der Waals surface area contributed by atoms with Crippen LogP contribution in [0.5, 0.6) is 0 Å². The number of amides is 4. The molecule has 0 bridgehead atoms. The molecule has 0 spiro atoms. The summed E-state index contributed by atoms with van der Waals surface area (Å²) in [6.07, 6.45) is 1.46. The average Bonchev–Trinajstić information content (AvgIpc) is 3.61. The van der Waals surface area contributed by atoms with Crippen LogP contribution in [-0.4, -0.2) is 125 Å². The maximum absolute atomic E-state index is 13.2. The van der Waals surface area contributed by atoms with E-state index in [1.807, 2.05) is 0 Å². The fraction of sp³-hybridized carbons (Fsp3) is 0.522. The average molecular weight is 767 g/mol. The van der Waals surface area contributed by atoms with E-state index in [-0.39, 0.29) is 47.8 Å². The molecule has 0 radical (unpaired) electrons. The van der Waals surface area contributed by atoms with Gasteiger partial charge in [-0.1, -0.05) is 5.16 Å². The predicted octanol–water partition coefficient (Wildman–Crippen LogP) is -3.28. The van der Waals surface area contributed by atoms with Gasteiger partial charge in [0.1, 0.15) is 11.4 Å². The first-order valence-electron chi connectivity index (χ1n) is 14.0. The third-order valence-corrected chi connectivity index (χ3v) is 9.36. The summed E-state index contributed by atoms with van der Waals surface area (Å²) in [4.78, 5) is 73.0. The number of aliphatic carboxylic acids is 2. The molecule has 24 nitrogen and oxygen atoms in total. The molecule has 2 fully saturated rings. The Morgan fingerprint density at radius 1 is 1.32 bits per heavy atom. The Labute approximate surface area is 290 Å². The lowest BCUT2D eigenvalue weighted by molar-refractivity contribution is -0.779. The minimum absolute atomic E-state index is 0.00955. The standard InChI is InChI=1S/C23H32N12O8S2.H2O4S/c1-9(35-6-10(13(25)31-35)28-21(42)27-5-4-24)23(19(40)41)7-34-16(37)12(17(34)44-8-23)29-15(36)11(14-30-20(26)45-33-14)32-43-22(2,3)18(38)39;1-5(2,3)4/h6,9,12,17H,4-5,7-8,24H2,1-3H3,(H9,25,26,27,28,29,30,31,33,36,38,39,40,41,42);(H2,1,2,3,4)/t9?,12-,17-,23?;/m1./s1. The zero-order valence-corrected chi connectivity index (χ0v) is 28.8. The van der Waals surface area contributed by atoms with Crippen LogP contribution in [0.3, 0.4) is 0 Å². The molecule has 2 aliphatic rings. The maximum atomic E-state index is 13.2. The van der Waals surface area contributed by atoms with Crippen molar-refractivity contribution in [1.82, 2.24) is 30.0 Å². The van der Waals surface area contributed by atoms with E-state index < -0.39 is 74.4 Å². The van der Waals surface area contributed by atoms with Crippen LogP contribution in [-0.2, 0) is 34.4 Å². The maximum Gasteiger partial charge on any atom is 0.350 e. The molecule has 13 N–H and O–H groups in total. The highest BCUT2D eigenvalue weighted by Gasteiger charge is 2.62. The summed E-state index contributed by atoms with van der Waals surface area (Å²) < 4.78 is 38.2. The second-order valence-corrected chi connectivity index (χ2v) is 13.9. The first-order valence-corrected chi connectivity index (χ1v) is 17.2. The van der Waals surface area contributed by atoms with Crippen molar-refractivity contribution in [3.8, 4) is 0 Å². The van der Waals surface area contributed by atoms with Gasteiger partial charge in [-0.25, -0.2) is 18.0 Å². The van der Waals surface area contributed by atoms with Crippen molar-refractivity contribution in [3.05, 3.63) is 12.0 Å². The predicted molar refractivity (Wildman–Crippen MR) is 172 cm³/mol. The van der Waals surface area contributed by atoms with E-state index in [4.69, 9.17) is 39.6 Å². The number of fused-ring (bicyclic) bond motifs is 1. The van der Waals surface area contributed by atoms with Gasteiger partial charge in [0, 0.05) is 43.8 Å². The fourth-order valence-electron chi connectivity index (χ4n) is 4.45. The van der Waals surface area contributed by atoms with Crippen LogP contribution in [0.4, 0.5) is 21.4 Å². The number of thioether (sulfide) groups is 1. The molecule has 2 aliphatic heterocycles. The number of aromatic amines is 1. The Balaban J connectivity index is 0.00000126. The summed E-state index contributed by atoms with van der Waals surface area (Å²) in [5.74, 6) is -4.11. The number of hydrogen-bond donors (Lipinski definition) is 10. The van der Waals surface area contributed by atoms with Crippen molar-refractivity contribution in [3.63, 3.8) is 0 Å². The van der Waals surface area contributed by atoms with E-state index in [1.54, 1.807) is 6.92 Å². The molecule has 276 valence electrons. The normalized spacial score (nSPS) is 21.0. The molecule has 0 aromatic carbocycles. The Morgan fingerprint density at radius 3 is 2.50 bits per heavy atom. The number of hydrogen-bond acceptors (Lipinski definition) is 17. The van der Waals surface area contributed by atoms with Gasteiger partial charge in [-0.15, -0.1) is 21.5 Å². The lowest BCUT2D eigenvalue weighted by Gasteiger charge is -2.53. The Kier molecular flexibility index (Phi) is 12.2. The van der Waals surface area contributed by atoms with E-state index in [9.17, 15) is 34.2 Å². The molecule has 4 atom stereocenters. The van der Waals surface area contributed by atoms with Crippen molar-refractivity contribution in [2.45, 2.75) is 43.8 Å². The first kappa shape index (κ1) is 39.6. The van der Waals surface area contributed by atoms with Crippen molar-refractivity contribution >= 4 is 85.8 Å². The minimum atomic E-state index is -4.92. The number of anilines is 3. The van der Waals surface area contributed by atoms with E-state index >= 15 is 0 Å². The number of carbonyl (C=O) groups excluding carboxylic acids is 3. The minimum Gasteiger partial charge on any atom is -0.726 e. The molecule has 4 heterocycles. The van der Waals surface area contributed by atoms with Crippen LogP contribution in [0.25, 0.3) is 0 Å². The molecule has 2 saturated heterocycles. The van der Waals surface area contributed by atoms with E-state index in [2.05, 4.69) is 35.6 Å². The van der Waals surface area contributed by atoms with Gasteiger partial charge >= 0.3 is 18.0 Å². The molecule has 0 aliphatic carbocycles. The number of oxime groups is 1. The number of nitrogen functional groups attached to an aromatic ring is 2. The van der Waals surface area contributed by atoms with Crippen LogP contribution in [0.1, 0.15) is 32.6 Å². The Bertz CT molecular complexity index is 1770. The number of β-lactam (4-membered cyclic amide) rings is 1. The van der Waals surface area contributed by atoms with Gasteiger partial charge in [-0.05, 0) is 13.8 Å². The summed E-state index contributed by atoms with van der Waals surface area (Å²) >= 11 is 1.92. The van der Waals surface area contributed by atoms with Gasteiger partial charge < -0.3 is 52.3 Å². The second kappa shape index (κ2) is 15.4. The highest BCUT2D eigenvalue weighted by atomic mass is 32.3. The molecule has 50 heavy (non-hydrogen) atoms. The highest BCUT2D eigenvalue weighted by molar-refractivity contribution is 8.00. The zero-order valence-electron chi connectivity index (χ0n) is 26.3. The number of aromatic nitrogens is 4. The largest absolute Gasteiger partial charge is 0.726 e. The SMILES string of the molecule is CC([n+]1cc(NC(=O)NCCN)c(N)[nH]1)C1(C(=O)O)CS[C@@H]2[C@H](NC(=O)C(=NOC(C)(C)C(=O)O)c3nsc(N)n3)C(=O)N2C1.O=S(=O)([O-])O. The monoisotopic (exact) mass is 766 g/mol. The fourth-order valence-corrected chi connectivity index (χ4v) is 6.54. The van der Waals surface area contributed by atoms with E-state index in [0.717, 1.165) is 23.3 Å². The summed E-state index contributed by atoms with van der Waals surface area (Å²) in [7, 11) is -4.92. The van der Waals surface area contributed by atoms with Gasteiger partial charge in [-0.3, -0.25) is 24.3 Å². The smallest absolute Gasteiger partial charge is 0.350 e. The highest BCUT2D eigenvalue weighted by Crippen LogP contribution is 2.46. The van der Waals surface area contributed by atoms with Crippen LogP contribution in [0.15, 0.2) is 11.4 Å². The molecule has 27 heteroatoms. The summed E-state index contributed by atoms with van der Waals surface area (Å²) in [6.45, 7) is 4.35. The zero-order chi connectivity index (χ0) is 37.8. The van der Waals surface area contributed by atoms with E-state index in [0.29, 0.717) is 0 Å². The van der Waals surface area contributed by atoms with Crippen LogP contribution < -0.4 is 37.8 Å². The van der Waals surface area contributed by atoms with Gasteiger partial charge in [-0.2, -0.15) is 9.36 Å². The summed E-state index contributed by atoms with van der Waals surface area (Å²) in [5, 5.41) is 33.2. The van der Waals surface area contributed by atoms with Crippen LogP contribution >= 0.6 is 23.3 Å². The number of carboxylic acid groups (broad SMARTS) is 2. The molecular weight excluding hydrogens is 733 g/mol. The summed E-state index contributed by atoms with van der Waals surface area (Å²) in [6, 6.07) is -2.38. The van der Waals surface area contributed by atoms with Gasteiger partial charge in [0.15, 0.2) is 28.1 Å². The first-order chi connectivity index (χ1) is 23.1. The van der Waals surface area contributed by atoms with E-state index in [1.165, 1.54) is 29.6 Å². The number of H-pyrrole nitrogens is 1. The molecule has 4 amide bonds. The van der Waals surface area contributed by atoms with Gasteiger partial charge in [0.2, 0.25) is 39.6 Å². The molecule has 4 rings (SSSR count). The topological polar surface area (TPSA) is 388 Å². The Morgan fingerprint density at radius 2 is 1.96 bits per heavy atom. The number of carbonyl (C=O) groups is 5. The number of nitrogens with zero attached hydrogens (tertiary/aromatic N) is 5. The third kappa shape index (κ3) is 9.24. The number of carboxylic acids is 2. The lowest BCUT2D eigenvalue weighted by atomic mass is 9.80.